The van der Waals surface area contributed by atoms with E-state index in [1.165, 1.54) is 128 Å². The average molecular weight is 883 g/mol. The lowest BCUT2D eigenvalue weighted by atomic mass is 10.0. The molecule has 0 aliphatic rings. The molecule has 0 fully saturated rings. The van der Waals surface area contributed by atoms with E-state index in [0.29, 0.717) is 17.4 Å². The molecule has 0 aromatic rings. The number of likely N-dealkylation sites (N-methyl/N-ethyl adjacent to an activating group) is 1. The summed E-state index contributed by atoms with van der Waals surface area (Å²) in [5, 5.41) is 0. The average Bonchev–Trinajstić information content (AvgIpc) is 3.21. The first-order valence-corrected chi connectivity index (χ1v) is 26.7. The van der Waals surface area contributed by atoms with Gasteiger partial charge in [0.2, 0.25) is 0 Å². The SMILES string of the molecule is CCCC/C=C/C/C=C/CCCCCCCC(=O)OC[C@H](COP(=O)(O)OCC[N+](C)(C)C)OC(=O)CCC/C=C/CCCCCCCCCCCCCCCCCCCC. The summed E-state index contributed by atoms with van der Waals surface area (Å²) in [6, 6.07) is 0. The Bertz CT molecular complexity index is 1130. The number of rotatable bonds is 46. The van der Waals surface area contributed by atoms with Crippen molar-refractivity contribution in [1.82, 2.24) is 0 Å². The van der Waals surface area contributed by atoms with Gasteiger partial charge in [0.15, 0.2) is 6.10 Å². The van der Waals surface area contributed by atoms with Crippen molar-refractivity contribution >= 4 is 19.8 Å². The third-order valence-corrected chi connectivity index (χ3v) is 11.9. The van der Waals surface area contributed by atoms with Crippen molar-refractivity contribution in [3.05, 3.63) is 36.5 Å². The van der Waals surface area contributed by atoms with Crippen LogP contribution >= 0.6 is 7.82 Å². The van der Waals surface area contributed by atoms with Crippen LogP contribution in [0, 0.1) is 0 Å². The van der Waals surface area contributed by atoms with Gasteiger partial charge in [-0.25, -0.2) is 4.57 Å². The van der Waals surface area contributed by atoms with Crippen LogP contribution in [0.3, 0.4) is 0 Å². The molecule has 10 heteroatoms. The van der Waals surface area contributed by atoms with Gasteiger partial charge in [-0.2, -0.15) is 0 Å². The zero-order chi connectivity index (χ0) is 45.0. The highest BCUT2D eigenvalue weighted by Crippen LogP contribution is 2.43. The number of phosphoric ester groups is 1. The van der Waals surface area contributed by atoms with Gasteiger partial charge in [-0.3, -0.25) is 18.6 Å². The van der Waals surface area contributed by atoms with E-state index in [4.69, 9.17) is 18.5 Å². The summed E-state index contributed by atoms with van der Waals surface area (Å²) in [5.41, 5.74) is 0. The molecule has 0 aliphatic heterocycles. The van der Waals surface area contributed by atoms with Crippen LogP contribution in [0.1, 0.15) is 226 Å². The monoisotopic (exact) mass is 883 g/mol. The Labute approximate surface area is 376 Å². The van der Waals surface area contributed by atoms with E-state index < -0.39 is 26.5 Å². The Morgan fingerprint density at radius 1 is 0.508 bits per heavy atom. The van der Waals surface area contributed by atoms with Crippen LogP contribution < -0.4 is 0 Å². The summed E-state index contributed by atoms with van der Waals surface area (Å²) in [6.07, 6.45) is 50.7. The second kappa shape index (κ2) is 43.5. The first-order valence-electron chi connectivity index (χ1n) is 25.2. The normalized spacial score (nSPS) is 13.7. The van der Waals surface area contributed by atoms with Gasteiger partial charge in [-0.1, -0.05) is 192 Å². The van der Waals surface area contributed by atoms with Crippen LogP contribution in [0.15, 0.2) is 36.5 Å². The summed E-state index contributed by atoms with van der Waals surface area (Å²) in [7, 11) is 1.46. The van der Waals surface area contributed by atoms with Crippen LogP contribution in [-0.2, 0) is 32.7 Å². The van der Waals surface area contributed by atoms with E-state index in [-0.39, 0.29) is 32.0 Å². The van der Waals surface area contributed by atoms with E-state index in [9.17, 15) is 19.0 Å². The van der Waals surface area contributed by atoms with E-state index in [1.807, 2.05) is 21.1 Å². The maximum Gasteiger partial charge on any atom is 0.472 e. The van der Waals surface area contributed by atoms with E-state index in [2.05, 4.69) is 50.3 Å². The topological polar surface area (TPSA) is 108 Å². The minimum absolute atomic E-state index is 0.0251. The number of allylic oxidation sites excluding steroid dienone is 6. The molecular formula is C51H97NO8P+. The Hall–Kier alpha value is -1.77. The minimum Gasteiger partial charge on any atom is -0.462 e. The van der Waals surface area contributed by atoms with Crippen molar-refractivity contribution in [3.63, 3.8) is 0 Å². The zero-order valence-corrected chi connectivity index (χ0v) is 41.3. The molecule has 0 saturated carbocycles. The quantitative estimate of drug-likeness (QED) is 0.0212. The molecule has 1 N–H and O–H groups in total. The van der Waals surface area contributed by atoms with Crippen molar-refractivity contribution in [3.8, 4) is 0 Å². The van der Waals surface area contributed by atoms with Crippen molar-refractivity contribution < 1.29 is 42.1 Å². The molecular weight excluding hydrogens is 786 g/mol. The number of phosphoric acid groups is 1. The first kappa shape index (κ1) is 59.2. The molecule has 0 amide bonds. The molecule has 358 valence electrons. The lowest BCUT2D eigenvalue weighted by Crippen LogP contribution is -2.37. The highest BCUT2D eigenvalue weighted by molar-refractivity contribution is 7.47. The minimum atomic E-state index is -4.39. The molecule has 0 heterocycles. The Morgan fingerprint density at radius 3 is 1.41 bits per heavy atom. The Balaban J connectivity index is 4.26. The summed E-state index contributed by atoms with van der Waals surface area (Å²) in [4.78, 5) is 35.4. The van der Waals surface area contributed by atoms with E-state index in [0.717, 1.165) is 64.2 Å². The highest BCUT2D eigenvalue weighted by Gasteiger charge is 2.27. The fourth-order valence-corrected chi connectivity index (χ4v) is 7.66. The molecule has 61 heavy (non-hydrogen) atoms. The standard InChI is InChI=1S/C51H96NO8P/c1-6-8-10-12-14-16-18-20-22-23-24-25-26-27-28-29-30-32-34-36-38-40-42-44-51(54)60-49(48-59-61(55,56)58-46-45-52(3,4)5)47-57-50(53)43-41-39-37-35-33-31-21-19-17-15-13-11-9-7-2/h13,15,19,21,36,38,49H,6-12,14,16-18,20,22-35,37,39-48H2,1-5H3/p+1/b15-13+,21-19+,38-36+/t49-/m1/s1. The summed E-state index contributed by atoms with van der Waals surface area (Å²) in [5.74, 6) is -0.846. The van der Waals surface area contributed by atoms with Gasteiger partial charge in [0.05, 0.1) is 27.7 Å². The van der Waals surface area contributed by atoms with Gasteiger partial charge in [0, 0.05) is 12.8 Å². The second-order valence-electron chi connectivity index (χ2n) is 18.2. The number of unbranched alkanes of at least 4 members (excludes halogenated alkanes) is 26. The van der Waals surface area contributed by atoms with Gasteiger partial charge in [-0.05, 0) is 57.8 Å². The van der Waals surface area contributed by atoms with Gasteiger partial charge in [0.1, 0.15) is 19.8 Å². The van der Waals surface area contributed by atoms with Gasteiger partial charge >= 0.3 is 19.8 Å². The van der Waals surface area contributed by atoms with Gasteiger partial charge in [0.25, 0.3) is 0 Å². The second-order valence-corrected chi connectivity index (χ2v) is 19.6. The van der Waals surface area contributed by atoms with Gasteiger partial charge in [-0.15, -0.1) is 0 Å². The van der Waals surface area contributed by atoms with Crippen LogP contribution in [0.25, 0.3) is 0 Å². The number of hydrogen-bond acceptors (Lipinski definition) is 7. The largest absolute Gasteiger partial charge is 0.472 e. The molecule has 0 saturated heterocycles. The number of quaternary nitrogens is 1. The number of nitrogens with zero attached hydrogens (tertiary/aromatic N) is 1. The molecule has 0 radical (unpaired) electrons. The lowest BCUT2D eigenvalue weighted by Gasteiger charge is -2.24. The third kappa shape index (κ3) is 47.5. The van der Waals surface area contributed by atoms with E-state index >= 15 is 0 Å². The Morgan fingerprint density at radius 2 is 0.918 bits per heavy atom. The lowest BCUT2D eigenvalue weighted by molar-refractivity contribution is -0.870. The zero-order valence-electron chi connectivity index (χ0n) is 40.4. The van der Waals surface area contributed by atoms with Crippen LogP contribution in [0.2, 0.25) is 0 Å². The smallest absolute Gasteiger partial charge is 0.462 e. The summed E-state index contributed by atoms with van der Waals surface area (Å²) >= 11 is 0. The fourth-order valence-electron chi connectivity index (χ4n) is 6.92. The van der Waals surface area contributed by atoms with Crippen LogP contribution in [-0.4, -0.2) is 74.9 Å². The third-order valence-electron chi connectivity index (χ3n) is 10.9. The molecule has 0 rings (SSSR count). The molecule has 1 unspecified atom stereocenters. The molecule has 0 bridgehead atoms. The summed E-state index contributed by atoms with van der Waals surface area (Å²) in [6.45, 7) is 4.36. The number of esters is 2. The van der Waals surface area contributed by atoms with Crippen molar-refractivity contribution in [2.24, 2.45) is 0 Å². The molecule has 9 nitrogen and oxygen atoms in total. The van der Waals surface area contributed by atoms with E-state index in [1.54, 1.807) is 0 Å². The Kier molecular flexibility index (Phi) is 42.2. The molecule has 0 aromatic carbocycles. The van der Waals surface area contributed by atoms with Crippen LogP contribution in [0.5, 0.6) is 0 Å². The fraction of sp³-hybridized carbons (Fsp3) is 0.843. The highest BCUT2D eigenvalue weighted by atomic mass is 31.2. The first-order chi connectivity index (χ1) is 29.5. The maximum atomic E-state index is 12.7. The van der Waals surface area contributed by atoms with Crippen LogP contribution in [0.4, 0.5) is 0 Å². The molecule has 0 aromatic heterocycles. The maximum absolute atomic E-state index is 12.7. The number of hydrogen-bond donors (Lipinski definition) is 1. The predicted molar refractivity (Wildman–Crippen MR) is 257 cm³/mol. The number of carbonyl (C=O) groups is 2. The molecule has 0 spiro atoms. The van der Waals surface area contributed by atoms with Crippen molar-refractivity contribution in [1.29, 1.82) is 0 Å². The number of carbonyl (C=O) groups excluding carboxylic acids is 2. The molecule has 2 atom stereocenters. The summed E-state index contributed by atoms with van der Waals surface area (Å²) < 4.78 is 34.4. The predicted octanol–water partition coefficient (Wildman–Crippen LogP) is 14.9. The van der Waals surface area contributed by atoms with Gasteiger partial charge < -0.3 is 18.9 Å². The molecule has 0 aliphatic carbocycles. The van der Waals surface area contributed by atoms with Crippen molar-refractivity contribution in [2.45, 2.75) is 232 Å². The number of ether oxygens (including phenoxy) is 2. The van der Waals surface area contributed by atoms with Crippen molar-refractivity contribution in [2.75, 3.05) is 47.5 Å².